The molecule has 11 heteroatoms. The minimum absolute atomic E-state index is 0.0868. The van der Waals surface area contributed by atoms with E-state index in [0.717, 1.165) is 0 Å². The van der Waals surface area contributed by atoms with Gasteiger partial charge in [0.15, 0.2) is 0 Å². The first kappa shape index (κ1) is 26.5. The normalized spacial score (nSPS) is 11.3. The third-order valence-corrected chi connectivity index (χ3v) is 9.48. The molecule has 4 aromatic rings. The topological polar surface area (TPSA) is 105 Å². The van der Waals surface area contributed by atoms with Crippen molar-refractivity contribution in [2.45, 2.75) is 13.2 Å². The van der Waals surface area contributed by atoms with Crippen LogP contribution in [0, 0.1) is 20.2 Å². The summed E-state index contributed by atoms with van der Waals surface area (Å²) in [5.74, 6) is 0. The van der Waals surface area contributed by atoms with Crippen molar-refractivity contribution in [3.05, 3.63) is 138 Å². The minimum atomic E-state index is -3.64. The van der Waals surface area contributed by atoms with E-state index in [1.807, 2.05) is 0 Å². The van der Waals surface area contributed by atoms with Gasteiger partial charge >= 0.3 is 8.56 Å². The molecule has 0 N–H and O–H groups in total. The van der Waals surface area contributed by atoms with Crippen LogP contribution in [-0.4, -0.2) is 18.4 Å². The van der Waals surface area contributed by atoms with Crippen LogP contribution in [0.4, 0.5) is 11.4 Å². The summed E-state index contributed by atoms with van der Waals surface area (Å²) in [4.78, 5) is 22.3. The Labute approximate surface area is 223 Å². The number of nitrogens with zero attached hydrogens (tertiary/aromatic N) is 2. The Kier molecular flexibility index (Phi) is 8.32. The molecule has 0 aliphatic carbocycles. The summed E-state index contributed by atoms with van der Waals surface area (Å²) in [5, 5.41) is 25.5. The van der Waals surface area contributed by atoms with Gasteiger partial charge in [0.05, 0.1) is 34.2 Å². The van der Waals surface area contributed by atoms with Crippen LogP contribution in [0.15, 0.2) is 97.1 Å². The van der Waals surface area contributed by atoms with Crippen molar-refractivity contribution in [1.82, 2.24) is 0 Å². The van der Waals surface area contributed by atoms with Gasteiger partial charge < -0.3 is 8.85 Å². The van der Waals surface area contributed by atoms with E-state index in [4.69, 9.17) is 32.1 Å². The average Bonchev–Trinajstić information content (AvgIpc) is 2.90. The number of hydrogen-bond acceptors (Lipinski definition) is 6. The fourth-order valence-electron chi connectivity index (χ4n) is 3.86. The molecule has 4 rings (SSSR count). The first-order chi connectivity index (χ1) is 17.8. The van der Waals surface area contributed by atoms with Crippen molar-refractivity contribution in [1.29, 1.82) is 0 Å². The Hall–Kier alpha value is -3.60. The molecule has 0 aliphatic heterocycles. The lowest BCUT2D eigenvalue weighted by Gasteiger charge is -2.31. The smallest absolute Gasteiger partial charge is 0.383 e. The Morgan fingerprint density at radius 1 is 0.595 bits per heavy atom. The highest BCUT2D eigenvalue weighted by Gasteiger charge is 2.44. The zero-order valence-corrected chi connectivity index (χ0v) is 21.8. The Morgan fingerprint density at radius 2 is 0.946 bits per heavy atom. The Bertz CT molecular complexity index is 1310. The predicted octanol–water partition coefficient (Wildman–Crippen LogP) is 5.80. The molecule has 188 valence electrons. The van der Waals surface area contributed by atoms with Gasteiger partial charge in [0.2, 0.25) is 0 Å². The molecule has 0 fully saturated rings. The zero-order chi connectivity index (χ0) is 26.4. The quantitative estimate of drug-likeness (QED) is 0.139. The van der Waals surface area contributed by atoms with E-state index >= 15 is 0 Å². The summed E-state index contributed by atoms with van der Waals surface area (Å²) in [6, 6.07) is 26.4. The van der Waals surface area contributed by atoms with E-state index in [2.05, 4.69) is 0 Å². The lowest BCUT2D eigenvalue weighted by atomic mass is 10.2. The summed E-state index contributed by atoms with van der Waals surface area (Å²) in [7, 11) is -3.64. The number of para-hydroxylation sites is 2. The van der Waals surface area contributed by atoms with Gasteiger partial charge in [-0.1, -0.05) is 71.7 Å². The molecule has 0 aromatic heterocycles. The summed E-state index contributed by atoms with van der Waals surface area (Å²) in [6.07, 6.45) is 0. The molecular weight excluding hydrogens is 535 g/mol. The lowest BCUT2D eigenvalue weighted by Crippen LogP contribution is -2.63. The monoisotopic (exact) mass is 554 g/mol. The molecular formula is C26H20Cl2N2O6Si. The van der Waals surface area contributed by atoms with Crippen LogP contribution >= 0.6 is 23.2 Å². The van der Waals surface area contributed by atoms with Crippen molar-refractivity contribution >= 4 is 53.5 Å². The van der Waals surface area contributed by atoms with Gasteiger partial charge in [-0.25, -0.2) is 0 Å². The maximum absolute atomic E-state index is 11.6. The van der Waals surface area contributed by atoms with E-state index in [-0.39, 0.29) is 24.6 Å². The van der Waals surface area contributed by atoms with Crippen LogP contribution in [0.25, 0.3) is 0 Å². The molecule has 0 saturated carbocycles. The third-order valence-electron chi connectivity index (χ3n) is 5.69. The molecule has 0 aliphatic rings. The first-order valence-electron chi connectivity index (χ1n) is 11.0. The van der Waals surface area contributed by atoms with Crippen LogP contribution in [0.3, 0.4) is 0 Å². The molecule has 0 spiro atoms. The van der Waals surface area contributed by atoms with E-state index in [0.29, 0.717) is 31.5 Å². The van der Waals surface area contributed by atoms with E-state index in [1.54, 1.807) is 84.9 Å². The fourth-order valence-corrected chi connectivity index (χ4v) is 7.12. The molecule has 0 unspecified atom stereocenters. The van der Waals surface area contributed by atoms with Crippen LogP contribution in [0.2, 0.25) is 10.0 Å². The zero-order valence-electron chi connectivity index (χ0n) is 19.3. The van der Waals surface area contributed by atoms with Crippen molar-refractivity contribution in [2.75, 3.05) is 0 Å². The van der Waals surface area contributed by atoms with Crippen molar-refractivity contribution in [2.24, 2.45) is 0 Å². The number of rotatable bonds is 10. The van der Waals surface area contributed by atoms with Gasteiger partial charge in [0, 0.05) is 22.2 Å². The number of halogens is 2. The lowest BCUT2D eigenvalue weighted by molar-refractivity contribution is -0.385. The molecule has 8 nitrogen and oxygen atoms in total. The van der Waals surface area contributed by atoms with Crippen LogP contribution in [0.5, 0.6) is 0 Å². The summed E-state index contributed by atoms with van der Waals surface area (Å²) in [6.45, 7) is -0.267. The summed E-state index contributed by atoms with van der Waals surface area (Å²) < 4.78 is 13.1. The second kappa shape index (κ2) is 11.6. The number of nitro groups is 2. The minimum Gasteiger partial charge on any atom is -0.383 e. The van der Waals surface area contributed by atoms with Gasteiger partial charge in [-0.05, 0) is 46.8 Å². The highest BCUT2D eigenvalue weighted by molar-refractivity contribution is 6.92. The van der Waals surface area contributed by atoms with Gasteiger partial charge in [0.25, 0.3) is 11.4 Å². The van der Waals surface area contributed by atoms with Gasteiger partial charge in [-0.3, -0.25) is 20.2 Å². The Morgan fingerprint density at radius 3 is 1.30 bits per heavy atom. The van der Waals surface area contributed by atoms with Gasteiger partial charge in [-0.15, -0.1) is 0 Å². The maximum atomic E-state index is 11.6. The number of benzene rings is 4. The molecule has 0 amide bonds. The molecule has 0 heterocycles. The molecule has 0 radical (unpaired) electrons. The summed E-state index contributed by atoms with van der Waals surface area (Å²) in [5.41, 5.74) is 0.552. The summed E-state index contributed by atoms with van der Waals surface area (Å²) >= 11 is 12.3. The largest absolute Gasteiger partial charge is 0.407 e. The predicted molar refractivity (Wildman–Crippen MR) is 144 cm³/mol. The number of nitro benzene ring substituents is 2. The second-order valence-electron chi connectivity index (χ2n) is 7.98. The van der Waals surface area contributed by atoms with Crippen LogP contribution in [-0.2, 0) is 22.1 Å². The second-order valence-corrected chi connectivity index (χ2v) is 11.8. The molecule has 0 saturated heterocycles. The average molecular weight is 555 g/mol. The molecule has 0 bridgehead atoms. The van der Waals surface area contributed by atoms with Crippen molar-refractivity contribution in [3.63, 3.8) is 0 Å². The molecule has 0 atom stereocenters. The van der Waals surface area contributed by atoms with Crippen LogP contribution in [0.1, 0.15) is 11.1 Å². The van der Waals surface area contributed by atoms with E-state index in [1.165, 1.54) is 12.1 Å². The molecule has 4 aromatic carbocycles. The van der Waals surface area contributed by atoms with E-state index < -0.39 is 18.4 Å². The van der Waals surface area contributed by atoms with Gasteiger partial charge in [0.1, 0.15) is 0 Å². The van der Waals surface area contributed by atoms with Gasteiger partial charge in [-0.2, -0.15) is 0 Å². The maximum Gasteiger partial charge on any atom is 0.407 e. The highest BCUT2D eigenvalue weighted by atomic mass is 35.5. The Balaban J connectivity index is 1.83. The van der Waals surface area contributed by atoms with E-state index in [9.17, 15) is 20.2 Å². The highest BCUT2D eigenvalue weighted by Crippen LogP contribution is 2.25. The SMILES string of the molecule is O=[N+]([O-])c1ccccc1CO[Si](OCc1ccccc1[N+](=O)[O-])(c1ccc(Cl)cc1)c1ccc(Cl)cc1. The third kappa shape index (κ3) is 6.04. The fraction of sp³-hybridized carbons (Fsp3) is 0.0769. The molecule has 37 heavy (non-hydrogen) atoms. The van der Waals surface area contributed by atoms with Crippen molar-refractivity contribution in [3.8, 4) is 0 Å². The first-order valence-corrected chi connectivity index (χ1v) is 13.6. The number of hydrogen-bond donors (Lipinski definition) is 0. The standard InChI is InChI=1S/C26H20Cl2N2O6Si/c27-21-9-13-23(14-10-21)37(24-15-11-22(28)12-16-24,35-17-19-5-1-3-7-25(19)29(31)32)36-18-20-6-2-4-8-26(20)30(33)34/h1-16H,17-18H2. The van der Waals surface area contributed by atoms with Crippen molar-refractivity contribution < 1.29 is 18.7 Å². The van der Waals surface area contributed by atoms with Crippen LogP contribution < -0.4 is 10.4 Å².